The van der Waals surface area contributed by atoms with E-state index in [1.165, 1.54) is 43.1 Å². The fraction of sp³-hybridized carbons (Fsp3) is 0.0204. The number of furan rings is 1. The number of nitrogens with one attached hydrogen (secondary N) is 1. The first-order valence-corrected chi connectivity index (χ1v) is 18.0. The second kappa shape index (κ2) is 11.8. The Labute approximate surface area is 305 Å². The minimum atomic E-state index is -0.345. The van der Waals surface area contributed by atoms with Crippen LogP contribution in [0.5, 0.6) is 0 Å². The molecule has 11 rings (SSSR count). The van der Waals surface area contributed by atoms with E-state index in [0.29, 0.717) is 5.84 Å². The van der Waals surface area contributed by atoms with Crippen molar-refractivity contribution in [3.63, 3.8) is 0 Å². The molecule has 0 fully saturated rings. The van der Waals surface area contributed by atoms with Crippen LogP contribution >= 0.6 is 0 Å². The zero-order valence-corrected chi connectivity index (χ0v) is 28.6. The van der Waals surface area contributed by atoms with Gasteiger partial charge in [0.25, 0.3) is 0 Å². The molecule has 10 aromatic rings. The molecule has 0 amide bonds. The van der Waals surface area contributed by atoms with E-state index < -0.39 is 0 Å². The molecule has 2 heterocycles. The highest BCUT2D eigenvalue weighted by atomic mass is 16.3. The third kappa shape index (κ3) is 4.99. The van der Waals surface area contributed by atoms with Crippen molar-refractivity contribution in [1.29, 1.82) is 0 Å². The summed E-state index contributed by atoms with van der Waals surface area (Å²) < 4.78 is 6.57. The Hall–Kier alpha value is -7.04. The molecule has 248 valence electrons. The van der Waals surface area contributed by atoms with Gasteiger partial charge in [0, 0.05) is 21.9 Å². The van der Waals surface area contributed by atoms with Crippen LogP contribution in [0.1, 0.15) is 22.9 Å². The fourth-order valence-electron chi connectivity index (χ4n) is 7.99. The van der Waals surface area contributed by atoms with Crippen molar-refractivity contribution in [3.05, 3.63) is 193 Å². The Morgan fingerprint density at radius 1 is 0.434 bits per heavy atom. The topological polar surface area (TPSA) is 49.9 Å². The molecule has 1 unspecified atom stereocenters. The molecule has 0 saturated heterocycles. The van der Waals surface area contributed by atoms with Crippen LogP contribution in [0.2, 0.25) is 0 Å². The van der Waals surface area contributed by atoms with Crippen molar-refractivity contribution >= 4 is 76.7 Å². The maximum atomic E-state index is 6.57. The first-order valence-electron chi connectivity index (χ1n) is 18.0. The number of amidine groups is 2. The molecule has 53 heavy (non-hydrogen) atoms. The van der Waals surface area contributed by atoms with Crippen molar-refractivity contribution in [3.8, 4) is 11.1 Å². The van der Waals surface area contributed by atoms with Crippen LogP contribution in [0.15, 0.2) is 190 Å². The lowest BCUT2D eigenvalue weighted by Crippen LogP contribution is -2.33. The maximum Gasteiger partial charge on any atom is 0.160 e. The summed E-state index contributed by atoms with van der Waals surface area (Å²) >= 11 is 0. The summed E-state index contributed by atoms with van der Waals surface area (Å²) in [5.74, 6) is 1.45. The van der Waals surface area contributed by atoms with Crippen LogP contribution in [-0.4, -0.2) is 11.7 Å². The smallest absolute Gasteiger partial charge is 0.160 e. The number of nitrogens with zero attached hydrogens (tertiary/aromatic N) is 2. The molecule has 4 nitrogen and oxygen atoms in total. The highest BCUT2D eigenvalue weighted by molar-refractivity contribution is 6.22. The number of rotatable bonds is 4. The predicted octanol–water partition coefficient (Wildman–Crippen LogP) is 12.4. The summed E-state index contributed by atoms with van der Waals surface area (Å²) in [6.07, 6.45) is -0.345. The molecule has 9 aromatic carbocycles. The van der Waals surface area contributed by atoms with Gasteiger partial charge < -0.3 is 9.73 Å². The highest BCUT2D eigenvalue weighted by Gasteiger charge is 2.24. The van der Waals surface area contributed by atoms with E-state index >= 15 is 0 Å². The molecule has 1 aliphatic heterocycles. The lowest BCUT2D eigenvalue weighted by Gasteiger charge is -2.24. The van der Waals surface area contributed by atoms with Gasteiger partial charge in [-0.2, -0.15) is 0 Å². The average molecular weight is 678 g/mol. The monoisotopic (exact) mass is 677 g/mol. The molecule has 0 bridgehead atoms. The summed E-state index contributed by atoms with van der Waals surface area (Å²) in [6.45, 7) is 0. The van der Waals surface area contributed by atoms with E-state index in [0.717, 1.165) is 55.6 Å². The van der Waals surface area contributed by atoms with Crippen LogP contribution in [0, 0.1) is 0 Å². The van der Waals surface area contributed by atoms with Crippen LogP contribution < -0.4 is 5.32 Å². The lowest BCUT2D eigenvalue weighted by atomic mass is 9.98. The minimum Gasteiger partial charge on any atom is -0.456 e. The van der Waals surface area contributed by atoms with Crippen LogP contribution in [0.3, 0.4) is 0 Å². The van der Waals surface area contributed by atoms with Crippen LogP contribution in [0.4, 0.5) is 0 Å². The summed E-state index contributed by atoms with van der Waals surface area (Å²) in [6, 6.07) is 62.3. The van der Waals surface area contributed by atoms with Gasteiger partial charge in [0.15, 0.2) is 5.84 Å². The normalized spacial score (nSPS) is 14.6. The fourth-order valence-corrected chi connectivity index (χ4v) is 7.99. The van der Waals surface area contributed by atoms with E-state index in [2.05, 4.69) is 169 Å². The summed E-state index contributed by atoms with van der Waals surface area (Å²) in [4.78, 5) is 10.6. The van der Waals surface area contributed by atoms with Crippen molar-refractivity contribution in [2.45, 2.75) is 6.17 Å². The second-order valence-electron chi connectivity index (χ2n) is 13.8. The number of aliphatic imine (C=N–C) groups is 2. The SMILES string of the molecule is c1ccc2cc(-c3ccc4c(c3)oc3cccc(C5=NC(c6ccc7ccccc7c6)NC(c6ccc7c(ccc8ccccc87)c6)=N5)c34)ccc2c1. The van der Waals surface area contributed by atoms with E-state index in [1.54, 1.807) is 0 Å². The number of hydrogen-bond donors (Lipinski definition) is 1. The zero-order chi connectivity index (χ0) is 34.9. The van der Waals surface area contributed by atoms with Gasteiger partial charge >= 0.3 is 0 Å². The van der Waals surface area contributed by atoms with E-state index in [9.17, 15) is 0 Å². The Morgan fingerprint density at radius 2 is 1.06 bits per heavy atom. The molecular formula is C49H31N3O. The molecule has 0 radical (unpaired) electrons. The van der Waals surface area contributed by atoms with Crippen molar-refractivity contribution in [2.24, 2.45) is 9.98 Å². The largest absolute Gasteiger partial charge is 0.456 e. The molecule has 1 aromatic heterocycles. The quantitative estimate of drug-likeness (QED) is 0.189. The van der Waals surface area contributed by atoms with Crippen molar-refractivity contribution < 1.29 is 4.42 Å². The van der Waals surface area contributed by atoms with Gasteiger partial charge in [-0.1, -0.05) is 140 Å². The zero-order valence-electron chi connectivity index (χ0n) is 28.6. The van der Waals surface area contributed by atoms with Gasteiger partial charge in [-0.05, 0) is 96.2 Å². The molecule has 4 heteroatoms. The molecule has 1 atom stereocenters. The standard InChI is InChI=1S/C49H31N3O/c1-3-11-33-26-35(19-16-30(33)8-1)36-22-25-42-45(29-36)53-44-15-7-14-43(46(42)44)49-51-47(38-21-17-31-9-2-4-12-34(31)27-38)50-48(52-49)39-23-24-41-37(28-39)20-18-32-10-5-6-13-40(32)41/h1-29,47H,(H,50,51,52). The summed E-state index contributed by atoms with van der Waals surface area (Å²) in [5, 5.41) is 15.5. The van der Waals surface area contributed by atoms with E-state index in [1.807, 2.05) is 12.1 Å². The molecule has 1 aliphatic rings. The third-order valence-electron chi connectivity index (χ3n) is 10.7. The summed E-state index contributed by atoms with van der Waals surface area (Å²) in [7, 11) is 0. The lowest BCUT2D eigenvalue weighted by molar-refractivity contribution is 0.668. The highest BCUT2D eigenvalue weighted by Crippen LogP contribution is 2.37. The van der Waals surface area contributed by atoms with E-state index in [-0.39, 0.29) is 6.17 Å². The Balaban J connectivity index is 1.07. The van der Waals surface area contributed by atoms with Crippen molar-refractivity contribution in [1.82, 2.24) is 5.32 Å². The number of hydrogen-bond acceptors (Lipinski definition) is 4. The second-order valence-corrected chi connectivity index (χ2v) is 13.8. The first-order chi connectivity index (χ1) is 26.2. The van der Waals surface area contributed by atoms with Gasteiger partial charge in [0.05, 0.1) is 0 Å². The Kier molecular flexibility index (Phi) is 6.58. The molecule has 0 spiro atoms. The van der Waals surface area contributed by atoms with Crippen molar-refractivity contribution in [2.75, 3.05) is 0 Å². The van der Waals surface area contributed by atoms with Gasteiger partial charge in [-0.3, -0.25) is 0 Å². The van der Waals surface area contributed by atoms with Gasteiger partial charge in [-0.15, -0.1) is 0 Å². The average Bonchev–Trinajstić information content (AvgIpc) is 3.61. The number of fused-ring (bicyclic) bond motifs is 8. The molecule has 0 saturated carbocycles. The predicted molar refractivity (Wildman–Crippen MR) is 221 cm³/mol. The first kappa shape index (κ1) is 29.7. The minimum absolute atomic E-state index is 0.345. The van der Waals surface area contributed by atoms with Crippen LogP contribution in [0.25, 0.3) is 76.2 Å². The summed E-state index contributed by atoms with van der Waals surface area (Å²) in [5.41, 5.74) is 6.94. The van der Waals surface area contributed by atoms with Gasteiger partial charge in [0.2, 0.25) is 0 Å². The van der Waals surface area contributed by atoms with Gasteiger partial charge in [-0.25, -0.2) is 9.98 Å². The molecule has 0 aliphatic carbocycles. The third-order valence-corrected chi connectivity index (χ3v) is 10.7. The van der Waals surface area contributed by atoms with Gasteiger partial charge in [0.1, 0.15) is 23.2 Å². The Bertz CT molecular complexity index is 3170. The Morgan fingerprint density at radius 3 is 1.92 bits per heavy atom. The number of benzene rings is 9. The molecule has 1 N–H and O–H groups in total. The van der Waals surface area contributed by atoms with Crippen LogP contribution in [-0.2, 0) is 0 Å². The maximum absolute atomic E-state index is 6.57. The molecular weight excluding hydrogens is 647 g/mol. The van der Waals surface area contributed by atoms with E-state index in [4.69, 9.17) is 14.4 Å².